The lowest BCUT2D eigenvalue weighted by Crippen LogP contribution is -2.09. The minimum Gasteiger partial charge on any atom is -0.370 e. The van der Waals surface area contributed by atoms with Crippen LogP contribution in [0.4, 0.5) is 11.6 Å². The zero-order valence-electron chi connectivity index (χ0n) is 11.5. The van der Waals surface area contributed by atoms with Gasteiger partial charge in [-0.3, -0.25) is 0 Å². The topological polar surface area (TPSA) is 88.8 Å². The molecule has 0 unspecified atom stereocenters. The first kappa shape index (κ1) is 12.8. The maximum Gasteiger partial charge on any atom is 0.213 e. The van der Waals surface area contributed by atoms with Crippen LogP contribution in [-0.4, -0.2) is 26.7 Å². The van der Waals surface area contributed by atoms with E-state index in [0.29, 0.717) is 18.3 Å². The summed E-state index contributed by atoms with van der Waals surface area (Å²) in [5.74, 6) is 3.72. The minimum atomic E-state index is 0.491. The summed E-state index contributed by atoms with van der Waals surface area (Å²) in [6, 6.07) is 1.92. The van der Waals surface area contributed by atoms with Crippen molar-refractivity contribution < 1.29 is 4.52 Å². The molecule has 2 aromatic heterocycles. The van der Waals surface area contributed by atoms with Crippen LogP contribution in [0.25, 0.3) is 0 Å². The van der Waals surface area contributed by atoms with Crippen molar-refractivity contribution in [2.75, 3.05) is 17.2 Å². The van der Waals surface area contributed by atoms with E-state index in [2.05, 4.69) is 37.7 Å². The van der Waals surface area contributed by atoms with Crippen molar-refractivity contribution in [3.8, 4) is 0 Å². The van der Waals surface area contributed by atoms with Crippen molar-refractivity contribution in [2.45, 2.75) is 38.6 Å². The van der Waals surface area contributed by atoms with Gasteiger partial charge in [0.1, 0.15) is 17.5 Å². The molecule has 2 N–H and O–H groups in total. The van der Waals surface area contributed by atoms with E-state index in [4.69, 9.17) is 4.52 Å². The Hall–Kier alpha value is -2.18. The van der Waals surface area contributed by atoms with Gasteiger partial charge in [0.2, 0.25) is 6.39 Å². The van der Waals surface area contributed by atoms with Gasteiger partial charge in [0, 0.05) is 18.5 Å². The van der Waals surface area contributed by atoms with Crippen LogP contribution in [0.1, 0.15) is 43.8 Å². The predicted octanol–water partition coefficient (Wildman–Crippen LogP) is 2.17. The van der Waals surface area contributed by atoms with Crippen LogP contribution >= 0.6 is 0 Å². The van der Waals surface area contributed by atoms with Gasteiger partial charge in [-0.1, -0.05) is 12.1 Å². The Balaban J connectivity index is 1.72. The lowest BCUT2D eigenvalue weighted by molar-refractivity contribution is 0.411. The number of hydrogen-bond acceptors (Lipinski definition) is 7. The van der Waals surface area contributed by atoms with Crippen LogP contribution in [0.15, 0.2) is 17.0 Å². The van der Waals surface area contributed by atoms with Gasteiger partial charge in [-0.15, -0.1) is 0 Å². The van der Waals surface area contributed by atoms with Gasteiger partial charge in [0.25, 0.3) is 0 Å². The van der Waals surface area contributed by atoms with Crippen molar-refractivity contribution in [2.24, 2.45) is 0 Å². The molecule has 0 saturated heterocycles. The van der Waals surface area contributed by atoms with Gasteiger partial charge in [-0.05, 0) is 19.3 Å². The molecule has 106 valence electrons. The second-order valence-electron chi connectivity index (χ2n) is 4.90. The number of aromatic nitrogens is 4. The largest absolute Gasteiger partial charge is 0.370 e. The fourth-order valence-corrected chi connectivity index (χ4v) is 1.86. The van der Waals surface area contributed by atoms with E-state index in [0.717, 1.165) is 30.4 Å². The van der Waals surface area contributed by atoms with Gasteiger partial charge >= 0.3 is 0 Å². The van der Waals surface area contributed by atoms with Crippen molar-refractivity contribution in [3.63, 3.8) is 0 Å². The van der Waals surface area contributed by atoms with E-state index in [1.165, 1.54) is 19.2 Å². The highest BCUT2D eigenvalue weighted by atomic mass is 16.5. The highest BCUT2D eigenvalue weighted by Crippen LogP contribution is 2.38. The third-order valence-corrected chi connectivity index (χ3v) is 3.08. The van der Waals surface area contributed by atoms with Crippen LogP contribution in [0.5, 0.6) is 0 Å². The van der Waals surface area contributed by atoms with Crippen LogP contribution in [-0.2, 0) is 6.54 Å². The summed E-state index contributed by atoms with van der Waals surface area (Å²) in [5.41, 5.74) is 0. The standard InChI is InChI=1S/C13H18N6O/c1-2-5-14-10-6-11(15-7-12-16-8-20-19-12)18-13(17-10)9-3-4-9/h6,8-9H,2-5,7H2,1H3,(H2,14,15,17,18). The van der Waals surface area contributed by atoms with E-state index in [9.17, 15) is 0 Å². The molecule has 7 heteroatoms. The monoisotopic (exact) mass is 274 g/mol. The Morgan fingerprint density at radius 3 is 2.70 bits per heavy atom. The van der Waals surface area contributed by atoms with Crippen molar-refractivity contribution >= 4 is 11.6 Å². The van der Waals surface area contributed by atoms with Gasteiger partial charge in [0.05, 0.1) is 6.54 Å². The molecule has 0 atom stereocenters. The molecule has 0 amide bonds. The predicted molar refractivity (Wildman–Crippen MR) is 74.4 cm³/mol. The van der Waals surface area contributed by atoms with Gasteiger partial charge in [-0.2, -0.15) is 4.98 Å². The third-order valence-electron chi connectivity index (χ3n) is 3.08. The summed E-state index contributed by atoms with van der Waals surface area (Å²) in [7, 11) is 0. The van der Waals surface area contributed by atoms with E-state index in [1.807, 2.05) is 6.07 Å². The molecule has 1 saturated carbocycles. The maximum atomic E-state index is 4.71. The normalized spacial score (nSPS) is 14.2. The molecule has 1 aliphatic rings. The lowest BCUT2D eigenvalue weighted by atomic mass is 10.3. The van der Waals surface area contributed by atoms with Gasteiger partial charge in [0.15, 0.2) is 5.82 Å². The zero-order chi connectivity index (χ0) is 13.8. The van der Waals surface area contributed by atoms with Crippen LogP contribution in [0.3, 0.4) is 0 Å². The third kappa shape index (κ3) is 3.23. The summed E-state index contributed by atoms with van der Waals surface area (Å²) in [4.78, 5) is 13.1. The molecule has 2 aromatic rings. The minimum absolute atomic E-state index is 0.491. The molecular formula is C13H18N6O. The maximum absolute atomic E-state index is 4.71. The molecule has 3 rings (SSSR count). The molecule has 20 heavy (non-hydrogen) atoms. The Bertz CT molecular complexity index is 552. The Morgan fingerprint density at radius 1 is 1.25 bits per heavy atom. The SMILES string of the molecule is CCCNc1cc(NCc2ncon2)nc(C2CC2)n1. The Morgan fingerprint density at radius 2 is 2.05 bits per heavy atom. The number of rotatable bonds is 7. The fraction of sp³-hybridized carbons (Fsp3) is 0.538. The second kappa shape index (κ2) is 5.85. The first-order valence-corrected chi connectivity index (χ1v) is 6.97. The summed E-state index contributed by atoms with van der Waals surface area (Å²) < 4.78 is 4.71. The number of hydrogen-bond donors (Lipinski definition) is 2. The quantitative estimate of drug-likeness (QED) is 0.799. The summed E-state index contributed by atoms with van der Waals surface area (Å²) in [6.07, 6.45) is 4.75. The average molecular weight is 274 g/mol. The molecule has 2 heterocycles. The Labute approximate surface area is 117 Å². The number of nitrogens with zero attached hydrogens (tertiary/aromatic N) is 4. The molecule has 0 bridgehead atoms. The highest BCUT2D eigenvalue weighted by Gasteiger charge is 2.27. The number of nitrogens with one attached hydrogen (secondary N) is 2. The van der Waals surface area contributed by atoms with Crippen molar-refractivity contribution in [1.29, 1.82) is 0 Å². The summed E-state index contributed by atoms with van der Waals surface area (Å²) in [5, 5.41) is 10.3. The van der Waals surface area contributed by atoms with Gasteiger partial charge < -0.3 is 15.2 Å². The van der Waals surface area contributed by atoms with E-state index >= 15 is 0 Å². The molecule has 0 spiro atoms. The molecule has 0 radical (unpaired) electrons. The first-order valence-electron chi connectivity index (χ1n) is 6.97. The van der Waals surface area contributed by atoms with Crippen LogP contribution in [0.2, 0.25) is 0 Å². The Kier molecular flexibility index (Phi) is 3.76. The average Bonchev–Trinajstić information content (AvgIpc) is 3.20. The molecule has 0 aliphatic heterocycles. The first-order chi connectivity index (χ1) is 9.85. The van der Waals surface area contributed by atoms with Gasteiger partial charge in [-0.25, -0.2) is 9.97 Å². The van der Waals surface area contributed by atoms with Crippen LogP contribution < -0.4 is 10.6 Å². The number of anilines is 2. The van der Waals surface area contributed by atoms with Crippen molar-refractivity contribution in [3.05, 3.63) is 24.1 Å². The van der Waals surface area contributed by atoms with Crippen molar-refractivity contribution in [1.82, 2.24) is 20.1 Å². The summed E-state index contributed by atoms with van der Waals surface area (Å²) in [6.45, 7) is 3.53. The highest BCUT2D eigenvalue weighted by molar-refractivity contribution is 5.48. The lowest BCUT2D eigenvalue weighted by Gasteiger charge is -2.09. The smallest absolute Gasteiger partial charge is 0.213 e. The summed E-state index contributed by atoms with van der Waals surface area (Å²) >= 11 is 0. The molecule has 0 aromatic carbocycles. The van der Waals surface area contributed by atoms with E-state index < -0.39 is 0 Å². The molecule has 1 aliphatic carbocycles. The fourth-order valence-electron chi connectivity index (χ4n) is 1.86. The van der Waals surface area contributed by atoms with E-state index in [-0.39, 0.29) is 0 Å². The zero-order valence-corrected chi connectivity index (χ0v) is 11.5. The second-order valence-corrected chi connectivity index (χ2v) is 4.90. The molecule has 1 fully saturated rings. The van der Waals surface area contributed by atoms with Crippen LogP contribution in [0, 0.1) is 0 Å². The van der Waals surface area contributed by atoms with E-state index in [1.54, 1.807) is 0 Å². The molecule has 7 nitrogen and oxygen atoms in total. The molecular weight excluding hydrogens is 256 g/mol.